The predicted octanol–water partition coefficient (Wildman–Crippen LogP) is 2.30. The number of hydrogen-bond donors (Lipinski definition) is 1. The van der Waals surface area contributed by atoms with Crippen LogP contribution in [0.5, 0.6) is 0 Å². The Kier molecular flexibility index (Phi) is 5.71. The van der Waals surface area contributed by atoms with Crippen LogP contribution in [0.15, 0.2) is 53.1 Å². The number of benzene rings is 2. The van der Waals surface area contributed by atoms with Crippen LogP contribution >= 0.6 is 0 Å². The Morgan fingerprint density at radius 3 is 2.59 bits per heavy atom. The standard InChI is InChI=1S/C20H21N3O4/c1-23(2)15-9-7-14(8-10-15)12-21-19(24)13-26-20(25)11-17-16-5-3-4-6-18(16)27-22-17/h3-10H,11-13H2,1-2H3,(H,21,24). The summed E-state index contributed by atoms with van der Waals surface area (Å²) in [5.74, 6) is -0.885. The van der Waals surface area contributed by atoms with E-state index in [-0.39, 0.29) is 18.9 Å². The Balaban J connectivity index is 1.44. The van der Waals surface area contributed by atoms with Crippen molar-refractivity contribution in [1.29, 1.82) is 0 Å². The molecule has 3 rings (SSSR count). The van der Waals surface area contributed by atoms with Gasteiger partial charge in [0, 0.05) is 31.7 Å². The molecule has 0 bridgehead atoms. The van der Waals surface area contributed by atoms with Crippen LogP contribution in [0.4, 0.5) is 5.69 Å². The van der Waals surface area contributed by atoms with Crippen molar-refractivity contribution in [3.05, 3.63) is 59.8 Å². The molecule has 7 heteroatoms. The van der Waals surface area contributed by atoms with E-state index < -0.39 is 5.97 Å². The fourth-order valence-corrected chi connectivity index (χ4v) is 2.56. The minimum atomic E-state index is -0.528. The number of nitrogens with zero attached hydrogens (tertiary/aromatic N) is 2. The van der Waals surface area contributed by atoms with Crippen molar-refractivity contribution in [2.75, 3.05) is 25.6 Å². The molecule has 1 N–H and O–H groups in total. The number of esters is 1. The second-order valence-electron chi connectivity index (χ2n) is 6.30. The van der Waals surface area contributed by atoms with Crippen molar-refractivity contribution >= 4 is 28.5 Å². The van der Waals surface area contributed by atoms with Crippen molar-refractivity contribution in [1.82, 2.24) is 10.5 Å². The molecule has 0 spiro atoms. The number of fused-ring (bicyclic) bond motifs is 1. The van der Waals surface area contributed by atoms with Crippen molar-refractivity contribution in [2.45, 2.75) is 13.0 Å². The summed E-state index contributed by atoms with van der Waals surface area (Å²) in [5, 5.41) is 7.37. The maximum absolute atomic E-state index is 11.9. The van der Waals surface area contributed by atoms with Gasteiger partial charge in [0.2, 0.25) is 0 Å². The highest BCUT2D eigenvalue weighted by atomic mass is 16.5. The third kappa shape index (κ3) is 4.84. The maximum Gasteiger partial charge on any atom is 0.312 e. The van der Waals surface area contributed by atoms with Crippen molar-refractivity contribution in [2.24, 2.45) is 0 Å². The molecule has 0 unspecified atom stereocenters. The Bertz CT molecular complexity index is 932. The monoisotopic (exact) mass is 367 g/mol. The number of ether oxygens (including phenoxy) is 1. The molecule has 0 saturated carbocycles. The van der Waals surface area contributed by atoms with E-state index in [1.54, 1.807) is 6.07 Å². The van der Waals surface area contributed by atoms with Gasteiger partial charge in [0.25, 0.3) is 5.91 Å². The summed E-state index contributed by atoms with van der Waals surface area (Å²) in [6.45, 7) is 0.0441. The van der Waals surface area contributed by atoms with Gasteiger partial charge in [-0.25, -0.2) is 0 Å². The molecule has 140 valence electrons. The van der Waals surface area contributed by atoms with E-state index in [9.17, 15) is 9.59 Å². The number of hydrogen-bond acceptors (Lipinski definition) is 6. The largest absolute Gasteiger partial charge is 0.455 e. The summed E-state index contributed by atoms with van der Waals surface area (Å²) < 4.78 is 10.2. The summed E-state index contributed by atoms with van der Waals surface area (Å²) in [5.41, 5.74) is 3.16. The van der Waals surface area contributed by atoms with Crippen LogP contribution in [0.1, 0.15) is 11.3 Å². The second kappa shape index (κ2) is 8.35. The van der Waals surface area contributed by atoms with E-state index >= 15 is 0 Å². The van der Waals surface area contributed by atoms with Gasteiger partial charge >= 0.3 is 5.97 Å². The van der Waals surface area contributed by atoms with E-state index in [0.717, 1.165) is 16.6 Å². The van der Waals surface area contributed by atoms with Crippen LogP contribution in [0.3, 0.4) is 0 Å². The van der Waals surface area contributed by atoms with Gasteiger partial charge in [0.1, 0.15) is 5.69 Å². The summed E-state index contributed by atoms with van der Waals surface area (Å²) in [6, 6.07) is 15.1. The lowest BCUT2D eigenvalue weighted by molar-refractivity contribution is -0.148. The molecule has 2 aromatic carbocycles. The van der Waals surface area contributed by atoms with Gasteiger partial charge in [-0.15, -0.1) is 0 Å². The second-order valence-corrected chi connectivity index (χ2v) is 6.30. The van der Waals surface area contributed by atoms with Gasteiger partial charge in [-0.2, -0.15) is 0 Å². The molecule has 1 amide bonds. The van der Waals surface area contributed by atoms with Gasteiger partial charge in [0.15, 0.2) is 12.2 Å². The number of rotatable bonds is 7. The van der Waals surface area contributed by atoms with Crippen LogP contribution in [0.2, 0.25) is 0 Å². The topological polar surface area (TPSA) is 84.7 Å². The highest BCUT2D eigenvalue weighted by Gasteiger charge is 2.14. The summed E-state index contributed by atoms with van der Waals surface area (Å²) in [7, 11) is 3.93. The van der Waals surface area contributed by atoms with Gasteiger partial charge in [-0.1, -0.05) is 29.4 Å². The van der Waals surface area contributed by atoms with Crippen LogP contribution in [-0.2, 0) is 27.3 Å². The molecule has 7 nitrogen and oxygen atoms in total. The van der Waals surface area contributed by atoms with Crippen molar-refractivity contribution in [3.63, 3.8) is 0 Å². The number of carbonyl (C=O) groups excluding carboxylic acids is 2. The molecule has 0 fully saturated rings. The number of nitrogens with one attached hydrogen (secondary N) is 1. The van der Waals surface area contributed by atoms with E-state index in [0.29, 0.717) is 17.8 Å². The third-order valence-electron chi connectivity index (χ3n) is 4.07. The quantitative estimate of drug-likeness (QED) is 0.645. The zero-order chi connectivity index (χ0) is 19.2. The molecule has 0 radical (unpaired) electrons. The predicted molar refractivity (Wildman–Crippen MR) is 101 cm³/mol. The SMILES string of the molecule is CN(C)c1ccc(CNC(=O)COC(=O)Cc2noc3ccccc23)cc1. The molecule has 0 aliphatic heterocycles. The average molecular weight is 367 g/mol. The number of anilines is 1. The fraction of sp³-hybridized carbons (Fsp3) is 0.250. The average Bonchev–Trinajstić information content (AvgIpc) is 3.08. The first-order valence-electron chi connectivity index (χ1n) is 8.55. The molecule has 0 saturated heterocycles. The lowest BCUT2D eigenvalue weighted by Crippen LogP contribution is -2.28. The van der Waals surface area contributed by atoms with E-state index in [1.807, 2.05) is 61.5 Å². The normalized spacial score (nSPS) is 10.6. The van der Waals surface area contributed by atoms with E-state index in [4.69, 9.17) is 9.26 Å². The summed E-state index contributed by atoms with van der Waals surface area (Å²) in [4.78, 5) is 25.8. The molecular weight excluding hydrogens is 346 g/mol. The van der Waals surface area contributed by atoms with Gasteiger partial charge in [0.05, 0.1) is 6.42 Å². The first kappa shape index (κ1) is 18.4. The molecule has 0 aliphatic carbocycles. The maximum atomic E-state index is 11.9. The van der Waals surface area contributed by atoms with Gasteiger partial charge < -0.3 is 19.5 Å². The molecule has 0 aliphatic rings. The number of aromatic nitrogens is 1. The van der Waals surface area contributed by atoms with Crippen molar-refractivity contribution in [3.8, 4) is 0 Å². The summed E-state index contributed by atoms with van der Waals surface area (Å²) in [6.07, 6.45) is -0.0453. The van der Waals surface area contributed by atoms with Crippen molar-refractivity contribution < 1.29 is 18.8 Å². The van der Waals surface area contributed by atoms with Crippen LogP contribution < -0.4 is 10.2 Å². The number of para-hydroxylation sites is 1. The molecule has 27 heavy (non-hydrogen) atoms. The highest BCUT2D eigenvalue weighted by molar-refractivity contribution is 5.85. The minimum absolute atomic E-state index is 0.0453. The van der Waals surface area contributed by atoms with Crippen LogP contribution in [-0.4, -0.2) is 37.7 Å². The van der Waals surface area contributed by atoms with E-state index in [2.05, 4.69) is 10.5 Å². The van der Waals surface area contributed by atoms with Gasteiger partial charge in [-0.05, 0) is 29.8 Å². The molecular formula is C20H21N3O4. The highest BCUT2D eigenvalue weighted by Crippen LogP contribution is 2.18. The lowest BCUT2D eigenvalue weighted by atomic mass is 10.2. The number of carbonyl (C=O) groups is 2. The first-order chi connectivity index (χ1) is 13.0. The molecule has 0 atom stereocenters. The fourth-order valence-electron chi connectivity index (χ4n) is 2.56. The Labute approximate surface area is 156 Å². The zero-order valence-corrected chi connectivity index (χ0v) is 15.3. The number of amides is 1. The Hall–Kier alpha value is -3.35. The molecule has 1 heterocycles. The van der Waals surface area contributed by atoms with Crippen LogP contribution in [0.25, 0.3) is 11.0 Å². The zero-order valence-electron chi connectivity index (χ0n) is 15.3. The lowest BCUT2D eigenvalue weighted by Gasteiger charge is -2.13. The summed E-state index contributed by atoms with van der Waals surface area (Å²) >= 11 is 0. The molecule has 1 aromatic heterocycles. The molecule has 3 aromatic rings. The van der Waals surface area contributed by atoms with E-state index in [1.165, 1.54) is 0 Å². The van der Waals surface area contributed by atoms with Crippen LogP contribution in [0, 0.1) is 0 Å². The smallest absolute Gasteiger partial charge is 0.312 e. The van der Waals surface area contributed by atoms with Gasteiger partial charge in [-0.3, -0.25) is 9.59 Å². The minimum Gasteiger partial charge on any atom is -0.455 e. The third-order valence-corrected chi connectivity index (χ3v) is 4.07. The Morgan fingerprint density at radius 1 is 1.11 bits per heavy atom. The Morgan fingerprint density at radius 2 is 1.85 bits per heavy atom. The first-order valence-corrected chi connectivity index (χ1v) is 8.55.